The van der Waals surface area contributed by atoms with E-state index in [0.29, 0.717) is 31.2 Å². The van der Waals surface area contributed by atoms with Crippen LogP contribution in [0.4, 0.5) is 4.39 Å². The Labute approximate surface area is 173 Å². The van der Waals surface area contributed by atoms with Crippen LogP contribution < -0.4 is 0 Å². The molecule has 0 radical (unpaired) electrons. The topological polar surface area (TPSA) is 42.7 Å². The first-order chi connectivity index (χ1) is 14.2. The second kappa shape index (κ2) is 9.01. The van der Waals surface area contributed by atoms with Crippen LogP contribution in [0.5, 0.6) is 0 Å². The maximum Gasteiger partial charge on any atom is 0.290 e. The molecule has 148 valence electrons. The molecule has 1 amide bonds. The van der Waals surface area contributed by atoms with Gasteiger partial charge in [-0.1, -0.05) is 42.5 Å². The monoisotopic (exact) mass is 409 g/mol. The van der Waals surface area contributed by atoms with Crippen molar-refractivity contribution in [3.8, 4) is 0 Å². The Morgan fingerprint density at radius 1 is 1.00 bits per heavy atom. The number of furan rings is 1. The van der Waals surface area contributed by atoms with Crippen molar-refractivity contribution in [2.75, 3.05) is 12.4 Å². The molecule has 3 aromatic rings. The van der Waals surface area contributed by atoms with E-state index >= 15 is 0 Å². The molecule has 0 fully saturated rings. The molecule has 2 heterocycles. The second-order valence-electron chi connectivity index (χ2n) is 6.59. The molecule has 0 unspecified atom stereocenters. The Balaban J connectivity index is 1.67. The molecule has 1 aliphatic rings. The summed E-state index contributed by atoms with van der Waals surface area (Å²) in [6, 6.07) is 19.5. The third-order valence-corrected chi connectivity index (χ3v) is 5.59. The first kappa shape index (κ1) is 19.3. The minimum atomic E-state index is -0.307. The van der Waals surface area contributed by atoms with E-state index in [1.807, 2.05) is 36.4 Å². The average Bonchev–Trinajstić information content (AvgIpc) is 3.28. The van der Waals surface area contributed by atoms with Crippen LogP contribution in [0.3, 0.4) is 0 Å². The number of hydrogen-bond donors (Lipinski definition) is 0. The maximum atomic E-state index is 13.5. The first-order valence-electron chi connectivity index (χ1n) is 9.32. The lowest BCUT2D eigenvalue weighted by Gasteiger charge is -2.27. The predicted octanol–water partition coefficient (Wildman–Crippen LogP) is 5.08. The molecule has 4 rings (SSSR count). The smallest absolute Gasteiger partial charge is 0.290 e. The van der Waals surface area contributed by atoms with Crippen molar-refractivity contribution in [1.82, 2.24) is 4.90 Å². The number of benzene rings is 2. The van der Waals surface area contributed by atoms with Crippen LogP contribution in [0.15, 0.2) is 83.2 Å². The number of rotatable bonds is 6. The lowest BCUT2D eigenvalue weighted by Crippen LogP contribution is -2.33. The van der Waals surface area contributed by atoms with Crippen molar-refractivity contribution >= 4 is 22.6 Å². The van der Waals surface area contributed by atoms with Gasteiger partial charge in [-0.25, -0.2) is 4.39 Å². The number of hydrogen-bond acceptors (Lipinski definition) is 4. The summed E-state index contributed by atoms with van der Waals surface area (Å²) in [5.41, 5.74) is 1.79. The van der Waals surface area contributed by atoms with Crippen molar-refractivity contribution in [2.45, 2.75) is 13.1 Å². The minimum absolute atomic E-state index is 0.211. The van der Waals surface area contributed by atoms with Crippen molar-refractivity contribution in [1.29, 1.82) is 0 Å². The van der Waals surface area contributed by atoms with Crippen LogP contribution in [0.1, 0.15) is 16.9 Å². The Morgan fingerprint density at radius 2 is 1.79 bits per heavy atom. The molecule has 0 saturated heterocycles. The van der Waals surface area contributed by atoms with Gasteiger partial charge in [0.05, 0.1) is 24.3 Å². The van der Waals surface area contributed by atoms with E-state index in [0.717, 1.165) is 21.8 Å². The van der Waals surface area contributed by atoms with Gasteiger partial charge in [-0.2, -0.15) is 0 Å². The number of thioether (sulfide) groups is 1. The van der Waals surface area contributed by atoms with Gasteiger partial charge in [0, 0.05) is 12.3 Å². The Bertz CT molecular complexity index is 985. The van der Waals surface area contributed by atoms with Crippen molar-refractivity contribution in [3.63, 3.8) is 0 Å². The van der Waals surface area contributed by atoms with E-state index in [1.54, 1.807) is 41.1 Å². The number of amides is 1. The summed E-state index contributed by atoms with van der Waals surface area (Å²) in [5, 5.41) is 0. The fourth-order valence-electron chi connectivity index (χ4n) is 3.13. The molecule has 0 bridgehead atoms. The van der Waals surface area contributed by atoms with Gasteiger partial charge in [-0.05, 0) is 35.4 Å². The average molecular weight is 409 g/mol. The van der Waals surface area contributed by atoms with E-state index in [2.05, 4.69) is 0 Å². The summed E-state index contributed by atoms with van der Waals surface area (Å²) in [6.45, 7) is 1.09. The molecule has 0 N–H and O–H groups in total. The van der Waals surface area contributed by atoms with Crippen molar-refractivity contribution < 1.29 is 18.3 Å². The highest BCUT2D eigenvalue weighted by atomic mass is 32.2. The summed E-state index contributed by atoms with van der Waals surface area (Å²) in [7, 11) is 0. The van der Waals surface area contributed by atoms with Crippen LogP contribution in [0, 0.1) is 5.82 Å². The molecule has 1 aliphatic heterocycles. The Hall–Kier alpha value is -2.99. The fourth-order valence-corrected chi connectivity index (χ4v) is 4.08. The van der Waals surface area contributed by atoms with E-state index < -0.39 is 0 Å². The van der Waals surface area contributed by atoms with Gasteiger partial charge in [0.25, 0.3) is 5.91 Å². The largest absolute Gasteiger partial charge is 0.486 e. The first-order valence-corrected chi connectivity index (χ1v) is 10.3. The number of halogens is 1. The second-order valence-corrected chi connectivity index (χ2v) is 7.69. The lowest BCUT2D eigenvalue weighted by atomic mass is 10.1. The van der Waals surface area contributed by atoms with Crippen LogP contribution in [-0.2, 0) is 22.6 Å². The number of carbonyl (C=O) groups excluding carboxylic acids is 1. The number of carbonyl (C=O) groups is 1. The normalized spacial score (nSPS) is 13.8. The number of ether oxygens (including phenoxy) is 1. The quantitative estimate of drug-likeness (QED) is 0.569. The van der Waals surface area contributed by atoms with Gasteiger partial charge in [-0.3, -0.25) is 4.79 Å². The molecular weight excluding hydrogens is 389 g/mol. The summed E-state index contributed by atoms with van der Waals surface area (Å²) in [5.74, 6) is 1.29. The van der Waals surface area contributed by atoms with Crippen LogP contribution in [-0.4, -0.2) is 23.2 Å². The zero-order chi connectivity index (χ0) is 20.1. The highest BCUT2D eigenvalue weighted by Crippen LogP contribution is 2.35. The molecule has 1 aromatic heterocycles. The molecule has 0 atom stereocenters. The minimum Gasteiger partial charge on any atom is -0.486 e. The lowest BCUT2D eigenvalue weighted by molar-refractivity contribution is -0.132. The molecular formula is C23H20FNO3S. The standard InChI is InChI=1S/C23H20FNO3S/c24-19-10-8-17(9-11-19)15-25(16-20-7-4-12-27-20)23(26)21-22(29-14-13-28-21)18-5-2-1-3-6-18/h1-12H,13-16H2. The third kappa shape index (κ3) is 4.71. The molecule has 29 heavy (non-hydrogen) atoms. The van der Waals surface area contributed by atoms with Gasteiger partial charge < -0.3 is 14.1 Å². The zero-order valence-electron chi connectivity index (χ0n) is 15.7. The van der Waals surface area contributed by atoms with Crippen molar-refractivity contribution in [3.05, 3.63) is 101 Å². The summed E-state index contributed by atoms with van der Waals surface area (Å²) in [6.07, 6.45) is 1.58. The van der Waals surface area contributed by atoms with Gasteiger partial charge in [0.1, 0.15) is 11.6 Å². The summed E-state index contributed by atoms with van der Waals surface area (Å²) in [4.78, 5) is 16.0. The van der Waals surface area contributed by atoms with Gasteiger partial charge in [-0.15, -0.1) is 11.8 Å². The third-order valence-electron chi connectivity index (χ3n) is 4.51. The predicted molar refractivity (Wildman–Crippen MR) is 111 cm³/mol. The summed E-state index contributed by atoms with van der Waals surface area (Å²) >= 11 is 1.62. The Kier molecular flexibility index (Phi) is 6.00. The highest BCUT2D eigenvalue weighted by Gasteiger charge is 2.28. The van der Waals surface area contributed by atoms with Gasteiger partial charge in [0.15, 0.2) is 5.76 Å². The van der Waals surface area contributed by atoms with Crippen LogP contribution in [0.2, 0.25) is 0 Å². The maximum absolute atomic E-state index is 13.5. The van der Waals surface area contributed by atoms with E-state index in [1.165, 1.54) is 12.1 Å². The summed E-state index contributed by atoms with van der Waals surface area (Å²) < 4.78 is 24.6. The van der Waals surface area contributed by atoms with Crippen molar-refractivity contribution in [2.24, 2.45) is 0 Å². The molecule has 0 aliphatic carbocycles. The molecule has 0 spiro atoms. The highest BCUT2D eigenvalue weighted by molar-refractivity contribution is 8.08. The number of nitrogens with zero attached hydrogens (tertiary/aromatic N) is 1. The molecule has 2 aromatic carbocycles. The molecule has 4 nitrogen and oxygen atoms in total. The molecule has 6 heteroatoms. The van der Waals surface area contributed by atoms with E-state index in [9.17, 15) is 9.18 Å². The van der Waals surface area contributed by atoms with Crippen LogP contribution >= 0.6 is 11.8 Å². The molecule has 0 saturated carbocycles. The van der Waals surface area contributed by atoms with Gasteiger partial charge >= 0.3 is 0 Å². The zero-order valence-corrected chi connectivity index (χ0v) is 16.5. The van der Waals surface area contributed by atoms with Crippen LogP contribution in [0.25, 0.3) is 4.91 Å². The van der Waals surface area contributed by atoms with E-state index in [-0.39, 0.29) is 11.7 Å². The fraction of sp³-hybridized carbons (Fsp3) is 0.174. The van der Waals surface area contributed by atoms with E-state index in [4.69, 9.17) is 9.15 Å². The SMILES string of the molecule is O=C(C1=C(c2ccccc2)SCCO1)N(Cc1ccc(F)cc1)Cc1ccco1. The van der Waals surface area contributed by atoms with Gasteiger partial charge in [0.2, 0.25) is 0 Å². The Morgan fingerprint density at radius 3 is 2.52 bits per heavy atom.